The van der Waals surface area contributed by atoms with Crippen LogP contribution in [0, 0.1) is 6.92 Å². The maximum atomic E-state index is 12.5. The third-order valence-electron chi connectivity index (χ3n) is 4.01. The Labute approximate surface area is 156 Å². The standard InChI is InChI=1S/C20H19ClN2OS/c1-3-14-8-10-15(11-9-14)20-23-13(2)18(25-20)19(24)22-12-16-6-4-5-7-17(16)21/h4-11H,3,12H2,1-2H3,(H,22,24). The third kappa shape index (κ3) is 4.09. The molecule has 1 heterocycles. The molecule has 0 bridgehead atoms. The van der Waals surface area contributed by atoms with Crippen molar-refractivity contribution in [3.63, 3.8) is 0 Å². The number of carbonyl (C=O) groups is 1. The number of thiazole rings is 1. The molecule has 5 heteroatoms. The van der Waals surface area contributed by atoms with Gasteiger partial charge in [-0.1, -0.05) is 61.0 Å². The Hall–Kier alpha value is -2.17. The van der Waals surface area contributed by atoms with Gasteiger partial charge >= 0.3 is 0 Å². The maximum absolute atomic E-state index is 12.5. The van der Waals surface area contributed by atoms with Crippen molar-refractivity contribution in [2.75, 3.05) is 0 Å². The quantitative estimate of drug-likeness (QED) is 0.665. The van der Waals surface area contributed by atoms with E-state index in [0.29, 0.717) is 16.4 Å². The zero-order valence-electron chi connectivity index (χ0n) is 14.2. The molecule has 2 aromatic carbocycles. The molecule has 0 aliphatic rings. The molecule has 0 aliphatic heterocycles. The molecule has 0 atom stereocenters. The van der Waals surface area contributed by atoms with Crippen LogP contribution in [0.4, 0.5) is 0 Å². The smallest absolute Gasteiger partial charge is 0.263 e. The molecule has 0 fully saturated rings. The molecule has 128 valence electrons. The number of hydrogen-bond donors (Lipinski definition) is 1. The topological polar surface area (TPSA) is 42.0 Å². The molecule has 0 unspecified atom stereocenters. The SMILES string of the molecule is CCc1ccc(-c2nc(C)c(C(=O)NCc3ccccc3Cl)s2)cc1. The van der Waals surface area contributed by atoms with E-state index >= 15 is 0 Å². The van der Waals surface area contributed by atoms with Crippen LogP contribution in [-0.2, 0) is 13.0 Å². The summed E-state index contributed by atoms with van der Waals surface area (Å²) in [6.45, 7) is 4.39. The van der Waals surface area contributed by atoms with Crippen LogP contribution in [0.1, 0.15) is 33.4 Å². The van der Waals surface area contributed by atoms with E-state index in [2.05, 4.69) is 41.5 Å². The van der Waals surface area contributed by atoms with E-state index in [0.717, 1.165) is 28.2 Å². The fraction of sp³-hybridized carbons (Fsp3) is 0.200. The predicted octanol–water partition coefficient (Wildman–Crippen LogP) is 5.26. The molecule has 25 heavy (non-hydrogen) atoms. The Kier molecular flexibility index (Phi) is 5.51. The second kappa shape index (κ2) is 7.81. The molecule has 1 N–H and O–H groups in total. The second-order valence-corrected chi connectivity index (χ2v) is 7.16. The number of aromatic nitrogens is 1. The predicted molar refractivity (Wildman–Crippen MR) is 104 cm³/mol. The summed E-state index contributed by atoms with van der Waals surface area (Å²) in [5.74, 6) is -0.119. The second-order valence-electron chi connectivity index (χ2n) is 5.76. The highest BCUT2D eigenvalue weighted by Crippen LogP contribution is 2.28. The van der Waals surface area contributed by atoms with Gasteiger partial charge in [-0.05, 0) is 30.5 Å². The number of hydrogen-bond acceptors (Lipinski definition) is 3. The monoisotopic (exact) mass is 370 g/mol. The summed E-state index contributed by atoms with van der Waals surface area (Å²) in [5.41, 5.74) is 3.97. The lowest BCUT2D eigenvalue weighted by Gasteiger charge is -2.05. The highest BCUT2D eigenvalue weighted by atomic mass is 35.5. The largest absolute Gasteiger partial charge is 0.347 e. The van der Waals surface area contributed by atoms with E-state index in [4.69, 9.17) is 11.6 Å². The lowest BCUT2D eigenvalue weighted by atomic mass is 10.1. The number of carbonyl (C=O) groups excluding carboxylic acids is 1. The zero-order valence-corrected chi connectivity index (χ0v) is 15.7. The first kappa shape index (κ1) is 17.6. The average molecular weight is 371 g/mol. The van der Waals surface area contributed by atoms with Crippen molar-refractivity contribution in [1.29, 1.82) is 0 Å². The van der Waals surface area contributed by atoms with E-state index < -0.39 is 0 Å². The fourth-order valence-corrected chi connectivity index (χ4v) is 3.70. The van der Waals surface area contributed by atoms with Gasteiger partial charge in [-0.3, -0.25) is 4.79 Å². The van der Waals surface area contributed by atoms with Gasteiger partial charge in [0.25, 0.3) is 5.91 Å². The van der Waals surface area contributed by atoms with Gasteiger partial charge in [0, 0.05) is 17.1 Å². The minimum atomic E-state index is -0.119. The van der Waals surface area contributed by atoms with E-state index in [1.165, 1.54) is 16.9 Å². The summed E-state index contributed by atoms with van der Waals surface area (Å²) in [7, 11) is 0. The maximum Gasteiger partial charge on any atom is 0.263 e. The number of aryl methyl sites for hydroxylation is 2. The van der Waals surface area contributed by atoms with Gasteiger partial charge in [0.2, 0.25) is 0 Å². The average Bonchev–Trinajstić information content (AvgIpc) is 3.03. The normalized spacial score (nSPS) is 10.7. The van der Waals surface area contributed by atoms with Crippen molar-refractivity contribution in [3.8, 4) is 10.6 Å². The first-order valence-electron chi connectivity index (χ1n) is 8.17. The first-order valence-corrected chi connectivity index (χ1v) is 9.36. The molecule has 3 rings (SSSR count). The van der Waals surface area contributed by atoms with Crippen molar-refractivity contribution in [3.05, 3.63) is 75.3 Å². The van der Waals surface area contributed by atoms with Crippen LogP contribution in [0.2, 0.25) is 5.02 Å². The summed E-state index contributed by atoms with van der Waals surface area (Å²) < 4.78 is 0. The first-order chi connectivity index (χ1) is 12.1. The summed E-state index contributed by atoms with van der Waals surface area (Å²) in [6, 6.07) is 15.8. The summed E-state index contributed by atoms with van der Waals surface area (Å²) in [6.07, 6.45) is 1.01. The highest BCUT2D eigenvalue weighted by molar-refractivity contribution is 7.17. The summed E-state index contributed by atoms with van der Waals surface area (Å²) >= 11 is 7.55. The number of nitrogens with zero attached hydrogens (tertiary/aromatic N) is 1. The van der Waals surface area contributed by atoms with Crippen molar-refractivity contribution in [2.45, 2.75) is 26.8 Å². The van der Waals surface area contributed by atoms with E-state index in [1.807, 2.05) is 31.2 Å². The lowest BCUT2D eigenvalue weighted by Crippen LogP contribution is -2.22. The molecule has 1 aromatic heterocycles. The minimum Gasteiger partial charge on any atom is -0.347 e. The Bertz CT molecular complexity index is 887. The third-order valence-corrected chi connectivity index (χ3v) is 5.58. The summed E-state index contributed by atoms with van der Waals surface area (Å²) in [5, 5.41) is 4.44. The molecule has 1 amide bonds. The van der Waals surface area contributed by atoms with Crippen LogP contribution in [0.3, 0.4) is 0 Å². The number of amides is 1. The molecular weight excluding hydrogens is 352 g/mol. The Morgan fingerprint density at radius 1 is 1.16 bits per heavy atom. The van der Waals surface area contributed by atoms with Crippen LogP contribution in [0.25, 0.3) is 10.6 Å². The molecule has 3 nitrogen and oxygen atoms in total. The van der Waals surface area contributed by atoms with Crippen molar-refractivity contribution in [1.82, 2.24) is 10.3 Å². The van der Waals surface area contributed by atoms with E-state index in [9.17, 15) is 4.79 Å². The lowest BCUT2D eigenvalue weighted by molar-refractivity contribution is 0.0954. The van der Waals surface area contributed by atoms with E-state index in [-0.39, 0.29) is 5.91 Å². The number of nitrogens with one attached hydrogen (secondary N) is 1. The van der Waals surface area contributed by atoms with E-state index in [1.54, 1.807) is 0 Å². The molecule has 0 aliphatic carbocycles. The van der Waals surface area contributed by atoms with Crippen LogP contribution in [0.5, 0.6) is 0 Å². The summed E-state index contributed by atoms with van der Waals surface area (Å²) in [4.78, 5) is 17.7. The minimum absolute atomic E-state index is 0.119. The van der Waals surface area contributed by atoms with Gasteiger partial charge in [0.15, 0.2) is 0 Å². The molecule has 0 saturated heterocycles. The Balaban J connectivity index is 1.75. The van der Waals surface area contributed by atoms with Gasteiger partial charge in [0.1, 0.15) is 9.88 Å². The van der Waals surface area contributed by atoms with Crippen molar-refractivity contribution in [2.24, 2.45) is 0 Å². The highest BCUT2D eigenvalue weighted by Gasteiger charge is 2.16. The molecule has 0 radical (unpaired) electrons. The molecule has 0 saturated carbocycles. The van der Waals surface area contributed by atoms with Crippen LogP contribution >= 0.6 is 22.9 Å². The van der Waals surface area contributed by atoms with Crippen LogP contribution < -0.4 is 5.32 Å². The van der Waals surface area contributed by atoms with Gasteiger partial charge in [-0.2, -0.15) is 0 Å². The van der Waals surface area contributed by atoms with Gasteiger partial charge in [-0.25, -0.2) is 4.98 Å². The van der Waals surface area contributed by atoms with Gasteiger partial charge in [0.05, 0.1) is 5.69 Å². The fourth-order valence-electron chi connectivity index (χ4n) is 2.51. The number of rotatable bonds is 5. The molecule has 0 spiro atoms. The zero-order chi connectivity index (χ0) is 17.8. The Morgan fingerprint density at radius 2 is 1.88 bits per heavy atom. The van der Waals surface area contributed by atoms with Crippen LogP contribution in [-0.4, -0.2) is 10.9 Å². The van der Waals surface area contributed by atoms with Gasteiger partial charge < -0.3 is 5.32 Å². The molecule has 3 aromatic rings. The van der Waals surface area contributed by atoms with Crippen molar-refractivity contribution < 1.29 is 4.79 Å². The van der Waals surface area contributed by atoms with Crippen molar-refractivity contribution >= 4 is 28.8 Å². The van der Waals surface area contributed by atoms with Gasteiger partial charge in [-0.15, -0.1) is 11.3 Å². The number of halogens is 1. The molecular formula is C20H19ClN2OS. The number of benzene rings is 2. The van der Waals surface area contributed by atoms with Crippen LogP contribution in [0.15, 0.2) is 48.5 Å². The Morgan fingerprint density at radius 3 is 2.56 bits per heavy atom.